The summed E-state index contributed by atoms with van der Waals surface area (Å²) in [7, 11) is 2.19. The zero-order valence-corrected chi connectivity index (χ0v) is 9.10. The molecule has 0 spiro atoms. The van der Waals surface area contributed by atoms with Gasteiger partial charge in [0, 0.05) is 0 Å². The minimum absolute atomic E-state index is 1.32. The average molecular weight is 171 g/mol. The Bertz CT molecular complexity index is 73.1. The summed E-state index contributed by atoms with van der Waals surface area (Å²) in [5.41, 5.74) is 0. The predicted octanol–water partition coefficient (Wildman–Crippen LogP) is 3.30. The highest BCUT2D eigenvalue weighted by atomic mass is 15.1. The van der Waals surface area contributed by atoms with Gasteiger partial charge in [0.25, 0.3) is 0 Å². The molecule has 1 aliphatic heterocycles. The molecule has 0 aromatic carbocycles. The van der Waals surface area contributed by atoms with Crippen molar-refractivity contribution >= 4 is 0 Å². The molecular formula is C11H25N. The quantitative estimate of drug-likeness (QED) is 0.616. The second-order valence-electron chi connectivity index (χ2n) is 3.72. The summed E-state index contributed by atoms with van der Waals surface area (Å²) in [4.78, 5) is 2.39. The average Bonchev–Trinajstić information content (AvgIpc) is 2.08. The van der Waals surface area contributed by atoms with E-state index in [1.807, 2.05) is 0 Å². The fourth-order valence-corrected chi connectivity index (χ4v) is 1.41. The van der Waals surface area contributed by atoms with Crippen LogP contribution in [0.5, 0.6) is 0 Å². The topological polar surface area (TPSA) is 3.24 Å². The van der Waals surface area contributed by atoms with Crippen LogP contribution in [0.25, 0.3) is 0 Å². The molecule has 1 nitrogen and oxygen atoms in total. The smallest absolute Gasteiger partial charge is 0.00218 e. The highest BCUT2D eigenvalue weighted by Gasteiger charge is 2.02. The maximum absolute atomic E-state index is 2.39. The Balaban J connectivity index is 0.000000217. The van der Waals surface area contributed by atoms with Crippen molar-refractivity contribution in [2.75, 3.05) is 20.1 Å². The highest BCUT2D eigenvalue weighted by Crippen LogP contribution is 2.04. The van der Waals surface area contributed by atoms with Gasteiger partial charge in [-0.1, -0.05) is 39.5 Å². The van der Waals surface area contributed by atoms with Crippen LogP contribution in [0.2, 0.25) is 0 Å². The van der Waals surface area contributed by atoms with Gasteiger partial charge in [-0.3, -0.25) is 0 Å². The lowest BCUT2D eigenvalue weighted by molar-refractivity contribution is 0.277. The molecule has 0 amide bonds. The van der Waals surface area contributed by atoms with Gasteiger partial charge in [-0.15, -0.1) is 0 Å². The molecule has 0 N–H and O–H groups in total. The van der Waals surface area contributed by atoms with Crippen molar-refractivity contribution < 1.29 is 0 Å². The summed E-state index contributed by atoms with van der Waals surface area (Å²) >= 11 is 0. The molecule has 1 fully saturated rings. The Morgan fingerprint density at radius 1 is 0.917 bits per heavy atom. The highest BCUT2D eigenvalue weighted by molar-refractivity contribution is 4.58. The van der Waals surface area contributed by atoms with E-state index in [2.05, 4.69) is 25.8 Å². The molecule has 0 saturated carbocycles. The van der Waals surface area contributed by atoms with Crippen LogP contribution in [-0.4, -0.2) is 25.0 Å². The minimum Gasteiger partial charge on any atom is -0.306 e. The van der Waals surface area contributed by atoms with Gasteiger partial charge in [-0.2, -0.15) is 0 Å². The Hall–Kier alpha value is -0.0400. The van der Waals surface area contributed by atoms with Crippen LogP contribution in [0.3, 0.4) is 0 Å². The summed E-state index contributed by atoms with van der Waals surface area (Å²) in [6, 6.07) is 0. The van der Waals surface area contributed by atoms with E-state index in [4.69, 9.17) is 0 Å². The summed E-state index contributed by atoms with van der Waals surface area (Å²) in [6.07, 6.45) is 8.35. The monoisotopic (exact) mass is 171 g/mol. The third-order valence-electron chi connectivity index (χ3n) is 2.29. The van der Waals surface area contributed by atoms with Gasteiger partial charge >= 0.3 is 0 Å². The van der Waals surface area contributed by atoms with Crippen molar-refractivity contribution in [2.45, 2.75) is 52.4 Å². The second kappa shape index (κ2) is 9.05. The molecule has 0 bridgehead atoms. The third-order valence-corrected chi connectivity index (χ3v) is 2.29. The van der Waals surface area contributed by atoms with E-state index in [-0.39, 0.29) is 0 Å². The lowest BCUT2D eigenvalue weighted by Crippen LogP contribution is -2.24. The number of unbranched alkanes of at least 4 members (excludes halogenated alkanes) is 2. The number of nitrogens with zero attached hydrogens (tertiary/aromatic N) is 1. The molecule has 0 aromatic rings. The molecule has 1 saturated heterocycles. The van der Waals surface area contributed by atoms with Crippen molar-refractivity contribution in [2.24, 2.45) is 0 Å². The van der Waals surface area contributed by atoms with Gasteiger partial charge in [0.15, 0.2) is 0 Å². The first kappa shape index (κ1) is 12.0. The fourth-order valence-electron chi connectivity index (χ4n) is 1.41. The molecule has 74 valence electrons. The Labute approximate surface area is 78.1 Å². The summed E-state index contributed by atoms with van der Waals surface area (Å²) in [6.45, 7) is 7.06. The normalized spacial score (nSPS) is 18.2. The van der Waals surface area contributed by atoms with E-state index in [0.29, 0.717) is 0 Å². The molecule has 1 heteroatoms. The Kier molecular flexibility index (Phi) is 9.02. The fraction of sp³-hybridized carbons (Fsp3) is 1.00. The number of likely N-dealkylation sites (tertiary alicyclic amines) is 1. The van der Waals surface area contributed by atoms with E-state index in [1.54, 1.807) is 0 Å². The largest absolute Gasteiger partial charge is 0.306 e. The van der Waals surface area contributed by atoms with Crippen LogP contribution in [0, 0.1) is 0 Å². The second-order valence-corrected chi connectivity index (χ2v) is 3.72. The molecule has 0 aliphatic carbocycles. The van der Waals surface area contributed by atoms with E-state index in [0.717, 1.165) is 0 Å². The minimum atomic E-state index is 1.32. The van der Waals surface area contributed by atoms with E-state index in [9.17, 15) is 0 Å². The van der Waals surface area contributed by atoms with Gasteiger partial charge in [-0.25, -0.2) is 0 Å². The molecule has 12 heavy (non-hydrogen) atoms. The van der Waals surface area contributed by atoms with Crippen LogP contribution in [0.15, 0.2) is 0 Å². The number of hydrogen-bond donors (Lipinski definition) is 0. The standard InChI is InChI=1S/C6H13N.C5H12/c1-7-5-3-2-4-6-7;1-3-5-4-2/h2-6H2,1H3;3-5H2,1-2H3. The molecule has 0 unspecified atom stereocenters. The van der Waals surface area contributed by atoms with Crippen LogP contribution in [0.1, 0.15) is 52.4 Å². The van der Waals surface area contributed by atoms with Crippen molar-refractivity contribution in [3.8, 4) is 0 Å². The molecule has 0 aromatic heterocycles. The SMILES string of the molecule is CCCCC.CN1CCCCC1. The zero-order valence-electron chi connectivity index (χ0n) is 9.10. The van der Waals surface area contributed by atoms with Crippen molar-refractivity contribution in [1.29, 1.82) is 0 Å². The predicted molar refractivity (Wildman–Crippen MR) is 56.5 cm³/mol. The van der Waals surface area contributed by atoms with Crippen molar-refractivity contribution in [1.82, 2.24) is 4.90 Å². The number of hydrogen-bond acceptors (Lipinski definition) is 1. The van der Waals surface area contributed by atoms with Gasteiger partial charge in [0.1, 0.15) is 0 Å². The van der Waals surface area contributed by atoms with E-state index >= 15 is 0 Å². The van der Waals surface area contributed by atoms with Crippen molar-refractivity contribution in [3.05, 3.63) is 0 Å². The maximum atomic E-state index is 2.39. The maximum Gasteiger partial charge on any atom is -0.00218 e. The first-order valence-electron chi connectivity index (χ1n) is 5.49. The lowest BCUT2D eigenvalue weighted by atomic mass is 10.1. The molecule has 1 aliphatic rings. The Morgan fingerprint density at radius 2 is 1.42 bits per heavy atom. The first-order valence-corrected chi connectivity index (χ1v) is 5.49. The van der Waals surface area contributed by atoms with Gasteiger partial charge < -0.3 is 4.90 Å². The van der Waals surface area contributed by atoms with E-state index < -0.39 is 0 Å². The van der Waals surface area contributed by atoms with E-state index in [1.165, 1.54) is 51.6 Å². The van der Waals surface area contributed by atoms with Gasteiger partial charge in [-0.05, 0) is 33.0 Å². The number of piperidine rings is 1. The summed E-state index contributed by atoms with van der Waals surface area (Å²) in [5, 5.41) is 0. The number of rotatable bonds is 2. The van der Waals surface area contributed by atoms with Gasteiger partial charge in [0.2, 0.25) is 0 Å². The summed E-state index contributed by atoms with van der Waals surface area (Å²) in [5.74, 6) is 0. The Morgan fingerprint density at radius 3 is 1.58 bits per heavy atom. The summed E-state index contributed by atoms with van der Waals surface area (Å²) < 4.78 is 0. The molecule has 0 atom stereocenters. The zero-order chi connectivity index (χ0) is 9.23. The lowest BCUT2D eigenvalue weighted by Gasteiger charge is -2.20. The molecular weight excluding hydrogens is 146 g/mol. The van der Waals surface area contributed by atoms with Crippen LogP contribution >= 0.6 is 0 Å². The molecule has 0 radical (unpaired) electrons. The molecule has 1 rings (SSSR count). The molecule has 1 heterocycles. The van der Waals surface area contributed by atoms with Crippen LogP contribution in [0.4, 0.5) is 0 Å². The van der Waals surface area contributed by atoms with Crippen molar-refractivity contribution in [3.63, 3.8) is 0 Å². The first-order chi connectivity index (χ1) is 5.81. The van der Waals surface area contributed by atoms with Crippen LogP contribution < -0.4 is 0 Å². The van der Waals surface area contributed by atoms with Gasteiger partial charge in [0.05, 0.1) is 0 Å². The van der Waals surface area contributed by atoms with Crippen LogP contribution in [-0.2, 0) is 0 Å². The third kappa shape index (κ3) is 8.06.